The molecule has 0 fully saturated rings. The molecule has 0 aliphatic carbocycles. The van der Waals surface area contributed by atoms with Crippen molar-refractivity contribution in [2.45, 2.75) is 25.2 Å². The maximum absolute atomic E-state index is 13.0. The number of rotatable bonds is 8. The maximum atomic E-state index is 13.0. The quantitative estimate of drug-likeness (QED) is 0.779. The van der Waals surface area contributed by atoms with E-state index in [1.54, 1.807) is 36.4 Å². The van der Waals surface area contributed by atoms with Crippen molar-refractivity contribution < 1.29 is 23.1 Å². The van der Waals surface area contributed by atoms with Gasteiger partial charge in [0.05, 0.1) is 23.6 Å². The van der Waals surface area contributed by atoms with E-state index in [4.69, 9.17) is 9.84 Å². The Hall–Kier alpha value is -2.54. The highest BCUT2D eigenvalue weighted by Crippen LogP contribution is 2.26. The van der Waals surface area contributed by atoms with Gasteiger partial charge < -0.3 is 9.84 Å². The summed E-state index contributed by atoms with van der Waals surface area (Å²) in [6, 6.07) is 13.0. The average molecular weight is 363 g/mol. The number of ether oxygens (including phenoxy) is 1. The first-order valence-electron chi connectivity index (χ1n) is 7.88. The average Bonchev–Trinajstić information content (AvgIpc) is 2.56. The number of hydrogen-bond acceptors (Lipinski definition) is 4. The van der Waals surface area contributed by atoms with Gasteiger partial charge in [-0.05, 0) is 50.2 Å². The van der Waals surface area contributed by atoms with E-state index in [0.717, 1.165) is 9.87 Å². The van der Waals surface area contributed by atoms with E-state index in [0.29, 0.717) is 18.0 Å². The smallest absolute Gasteiger partial charge is 0.305 e. The van der Waals surface area contributed by atoms with Gasteiger partial charge in [-0.25, -0.2) is 8.42 Å². The predicted octanol–water partition coefficient (Wildman–Crippen LogP) is 3.06. The third-order valence-electron chi connectivity index (χ3n) is 3.57. The molecule has 0 atom stereocenters. The summed E-state index contributed by atoms with van der Waals surface area (Å²) in [7, 11) is -3.86. The molecule has 0 spiro atoms. The molecule has 2 rings (SSSR count). The number of anilines is 1. The van der Waals surface area contributed by atoms with Crippen LogP contribution in [0.5, 0.6) is 5.75 Å². The molecule has 2 aromatic carbocycles. The minimum Gasteiger partial charge on any atom is -0.494 e. The molecule has 2 aromatic rings. The van der Waals surface area contributed by atoms with Gasteiger partial charge in [0.25, 0.3) is 10.0 Å². The number of aryl methyl sites for hydroxylation is 1. The van der Waals surface area contributed by atoms with Gasteiger partial charge in [-0.3, -0.25) is 9.10 Å². The fourth-order valence-corrected chi connectivity index (χ4v) is 3.76. The van der Waals surface area contributed by atoms with Gasteiger partial charge in [-0.1, -0.05) is 17.7 Å². The molecular formula is C18H21NO5S. The van der Waals surface area contributed by atoms with Crippen molar-refractivity contribution in [1.82, 2.24) is 0 Å². The first-order chi connectivity index (χ1) is 11.8. The predicted molar refractivity (Wildman–Crippen MR) is 95.6 cm³/mol. The van der Waals surface area contributed by atoms with Crippen LogP contribution in [0.15, 0.2) is 53.4 Å². The highest BCUT2D eigenvalue weighted by molar-refractivity contribution is 7.92. The lowest BCUT2D eigenvalue weighted by atomic mass is 10.2. The van der Waals surface area contributed by atoms with Crippen LogP contribution < -0.4 is 9.04 Å². The number of sulfonamides is 1. The zero-order valence-electron chi connectivity index (χ0n) is 14.2. The highest BCUT2D eigenvalue weighted by atomic mass is 32.2. The topological polar surface area (TPSA) is 83.9 Å². The van der Waals surface area contributed by atoms with Gasteiger partial charge >= 0.3 is 5.97 Å². The second kappa shape index (κ2) is 8.02. The van der Waals surface area contributed by atoms with Gasteiger partial charge in [0.15, 0.2) is 0 Å². The van der Waals surface area contributed by atoms with Crippen molar-refractivity contribution in [1.29, 1.82) is 0 Å². The molecule has 0 aliphatic heterocycles. The summed E-state index contributed by atoms with van der Waals surface area (Å²) in [6.07, 6.45) is -0.293. The SMILES string of the molecule is CCOc1ccc(N(CCC(=O)O)S(=O)(=O)c2ccc(C)cc2)cc1. The van der Waals surface area contributed by atoms with E-state index in [9.17, 15) is 13.2 Å². The van der Waals surface area contributed by atoms with E-state index in [2.05, 4.69) is 0 Å². The summed E-state index contributed by atoms with van der Waals surface area (Å²) < 4.78 is 32.4. The van der Waals surface area contributed by atoms with E-state index < -0.39 is 16.0 Å². The minimum absolute atomic E-state index is 0.123. The molecule has 0 radical (unpaired) electrons. The Morgan fingerprint density at radius 3 is 2.20 bits per heavy atom. The molecular weight excluding hydrogens is 342 g/mol. The summed E-state index contributed by atoms with van der Waals surface area (Å²) in [4.78, 5) is 11.1. The molecule has 25 heavy (non-hydrogen) atoms. The van der Waals surface area contributed by atoms with Crippen molar-refractivity contribution in [3.8, 4) is 5.75 Å². The molecule has 0 bridgehead atoms. The van der Waals surface area contributed by atoms with E-state index in [1.807, 2.05) is 13.8 Å². The van der Waals surface area contributed by atoms with Crippen molar-refractivity contribution in [3.63, 3.8) is 0 Å². The van der Waals surface area contributed by atoms with Gasteiger partial charge in [0.1, 0.15) is 5.75 Å². The second-order valence-electron chi connectivity index (χ2n) is 5.46. The van der Waals surface area contributed by atoms with Crippen molar-refractivity contribution in [2.75, 3.05) is 17.5 Å². The number of carbonyl (C=O) groups is 1. The van der Waals surface area contributed by atoms with Gasteiger partial charge in [0, 0.05) is 6.54 Å². The van der Waals surface area contributed by atoms with Crippen LogP contribution in [0, 0.1) is 6.92 Å². The number of nitrogens with zero attached hydrogens (tertiary/aromatic N) is 1. The molecule has 134 valence electrons. The standard InChI is InChI=1S/C18H21NO5S/c1-3-24-16-8-6-15(7-9-16)19(13-12-18(20)21)25(22,23)17-10-4-14(2)5-11-17/h4-11H,3,12-13H2,1-2H3,(H,20,21). The first-order valence-corrected chi connectivity index (χ1v) is 9.32. The van der Waals surface area contributed by atoms with Crippen LogP contribution in [-0.2, 0) is 14.8 Å². The number of aliphatic carboxylic acids is 1. The second-order valence-corrected chi connectivity index (χ2v) is 7.32. The zero-order chi connectivity index (χ0) is 18.4. The summed E-state index contributed by atoms with van der Waals surface area (Å²) in [5.74, 6) is -0.438. The van der Waals surface area contributed by atoms with Crippen molar-refractivity contribution >= 4 is 21.7 Å². The molecule has 6 nitrogen and oxygen atoms in total. The lowest BCUT2D eigenvalue weighted by molar-refractivity contribution is -0.136. The Labute approximate surface area is 147 Å². The van der Waals surface area contributed by atoms with Gasteiger partial charge in [0.2, 0.25) is 0 Å². The number of benzene rings is 2. The number of hydrogen-bond donors (Lipinski definition) is 1. The summed E-state index contributed by atoms with van der Waals surface area (Å²) >= 11 is 0. The highest BCUT2D eigenvalue weighted by Gasteiger charge is 2.25. The summed E-state index contributed by atoms with van der Waals surface area (Å²) in [5.41, 5.74) is 1.34. The Bertz CT molecular complexity index is 814. The van der Waals surface area contributed by atoms with Crippen LogP contribution in [0.4, 0.5) is 5.69 Å². The molecule has 0 heterocycles. The van der Waals surface area contributed by atoms with Crippen molar-refractivity contribution in [2.24, 2.45) is 0 Å². The summed E-state index contributed by atoms with van der Waals surface area (Å²) in [5, 5.41) is 8.95. The van der Waals surface area contributed by atoms with Crippen LogP contribution in [0.1, 0.15) is 18.9 Å². The molecule has 0 saturated carbocycles. The van der Waals surface area contributed by atoms with E-state index in [-0.39, 0.29) is 17.9 Å². The molecule has 0 aliphatic rings. The third-order valence-corrected chi connectivity index (χ3v) is 5.42. The van der Waals surface area contributed by atoms with Gasteiger partial charge in [-0.15, -0.1) is 0 Å². The number of carboxylic acid groups (broad SMARTS) is 1. The Balaban J connectivity index is 2.40. The molecule has 0 saturated heterocycles. The van der Waals surface area contributed by atoms with Crippen LogP contribution in [0.25, 0.3) is 0 Å². The van der Waals surface area contributed by atoms with Crippen molar-refractivity contribution in [3.05, 3.63) is 54.1 Å². The normalized spacial score (nSPS) is 11.1. The Morgan fingerprint density at radius 1 is 1.08 bits per heavy atom. The monoisotopic (exact) mass is 363 g/mol. The lowest BCUT2D eigenvalue weighted by Crippen LogP contribution is -2.33. The molecule has 0 unspecified atom stereocenters. The van der Waals surface area contributed by atoms with Crippen LogP contribution in [0.2, 0.25) is 0 Å². The number of carboxylic acids is 1. The minimum atomic E-state index is -3.86. The molecule has 1 N–H and O–H groups in total. The fraction of sp³-hybridized carbons (Fsp3) is 0.278. The van der Waals surface area contributed by atoms with Crippen LogP contribution >= 0.6 is 0 Å². The molecule has 0 aromatic heterocycles. The third kappa shape index (κ3) is 4.73. The van der Waals surface area contributed by atoms with Crippen LogP contribution in [-0.4, -0.2) is 32.6 Å². The molecule has 0 amide bonds. The molecule has 7 heteroatoms. The van der Waals surface area contributed by atoms with E-state index >= 15 is 0 Å². The first kappa shape index (κ1) is 18.8. The zero-order valence-corrected chi connectivity index (χ0v) is 15.0. The largest absolute Gasteiger partial charge is 0.494 e. The maximum Gasteiger partial charge on any atom is 0.305 e. The van der Waals surface area contributed by atoms with E-state index in [1.165, 1.54) is 12.1 Å². The Morgan fingerprint density at radius 2 is 1.68 bits per heavy atom. The van der Waals surface area contributed by atoms with Crippen LogP contribution in [0.3, 0.4) is 0 Å². The Kier molecular flexibility index (Phi) is 6.03. The summed E-state index contributed by atoms with van der Waals surface area (Å²) in [6.45, 7) is 4.07. The lowest BCUT2D eigenvalue weighted by Gasteiger charge is -2.24. The fourth-order valence-electron chi connectivity index (χ4n) is 2.30. The van der Waals surface area contributed by atoms with Gasteiger partial charge in [-0.2, -0.15) is 0 Å².